The van der Waals surface area contributed by atoms with Crippen LogP contribution in [0.4, 0.5) is 0 Å². The van der Waals surface area contributed by atoms with Crippen LogP contribution in [0.3, 0.4) is 0 Å². The quantitative estimate of drug-likeness (QED) is 0.509. The van der Waals surface area contributed by atoms with Crippen LogP contribution in [-0.2, 0) is 0 Å². The first-order valence-electron chi connectivity index (χ1n) is 3.88. The molecule has 0 bridgehead atoms. The highest BCUT2D eigenvalue weighted by Crippen LogP contribution is 2.20. The van der Waals surface area contributed by atoms with E-state index in [-0.39, 0.29) is 0 Å². The molecule has 1 radical (unpaired) electrons. The minimum absolute atomic E-state index is 0.495. The molecule has 0 aromatic rings. The largest absolute Gasteiger partial charge is 0.0654 e. The second kappa shape index (κ2) is 3.92. The first-order valence-corrected chi connectivity index (χ1v) is 3.88. The Labute approximate surface area is 59.7 Å². The van der Waals surface area contributed by atoms with Crippen molar-refractivity contribution in [2.75, 3.05) is 0 Å². The van der Waals surface area contributed by atoms with E-state index in [2.05, 4.69) is 34.1 Å². The monoisotopic (exact) mass is 127 g/mol. The molecular formula is C9H19. The van der Waals surface area contributed by atoms with Gasteiger partial charge in [0.2, 0.25) is 0 Å². The van der Waals surface area contributed by atoms with Crippen molar-refractivity contribution in [3.05, 3.63) is 6.42 Å². The Morgan fingerprint density at radius 2 is 1.78 bits per heavy atom. The summed E-state index contributed by atoms with van der Waals surface area (Å²) in [6.07, 6.45) is 6.20. The van der Waals surface area contributed by atoms with E-state index in [0.717, 1.165) is 0 Å². The van der Waals surface area contributed by atoms with Gasteiger partial charge >= 0.3 is 0 Å². The number of hydrogen-bond donors (Lipinski definition) is 0. The van der Waals surface area contributed by atoms with E-state index in [1.807, 2.05) is 0 Å². The van der Waals surface area contributed by atoms with Gasteiger partial charge in [0.05, 0.1) is 0 Å². The molecule has 0 aromatic heterocycles. The highest BCUT2D eigenvalue weighted by molar-refractivity contribution is 4.72. The lowest BCUT2D eigenvalue weighted by atomic mass is 9.90. The summed E-state index contributed by atoms with van der Waals surface area (Å²) in [6.45, 7) is 9.05. The van der Waals surface area contributed by atoms with Gasteiger partial charge in [-0.2, -0.15) is 0 Å². The zero-order chi connectivity index (χ0) is 7.33. The molecule has 0 aliphatic carbocycles. The Hall–Kier alpha value is 0. The third kappa shape index (κ3) is 8.00. The molecule has 0 heterocycles. The second-order valence-electron chi connectivity index (χ2n) is 3.84. The van der Waals surface area contributed by atoms with E-state index < -0.39 is 0 Å². The van der Waals surface area contributed by atoms with Crippen LogP contribution in [0.25, 0.3) is 0 Å². The summed E-state index contributed by atoms with van der Waals surface area (Å²) in [6, 6.07) is 0. The average molecular weight is 127 g/mol. The Balaban J connectivity index is 3.07. The average Bonchev–Trinajstić information content (AvgIpc) is 1.63. The molecule has 0 amide bonds. The molecule has 0 atom stereocenters. The Morgan fingerprint density at radius 1 is 1.22 bits per heavy atom. The van der Waals surface area contributed by atoms with Gasteiger partial charge in [-0.1, -0.05) is 40.5 Å². The molecule has 55 valence electrons. The summed E-state index contributed by atoms with van der Waals surface area (Å²) in [4.78, 5) is 0. The highest BCUT2D eigenvalue weighted by atomic mass is 14.1. The van der Waals surface area contributed by atoms with Crippen molar-refractivity contribution in [1.29, 1.82) is 0 Å². The molecule has 0 heteroatoms. The lowest BCUT2D eigenvalue weighted by Gasteiger charge is -2.16. The normalized spacial score (nSPS) is 12.0. The summed E-state index contributed by atoms with van der Waals surface area (Å²) in [7, 11) is 0. The Kier molecular flexibility index (Phi) is 3.92. The minimum atomic E-state index is 0.495. The standard InChI is InChI=1S/C9H19/c1-5-6-7-8-9(2,3)4/h7H,5-6,8H2,1-4H3. The predicted octanol–water partition coefficient (Wildman–Crippen LogP) is 3.43. The van der Waals surface area contributed by atoms with E-state index in [0.29, 0.717) is 5.41 Å². The second-order valence-corrected chi connectivity index (χ2v) is 3.84. The third-order valence-corrected chi connectivity index (χ3v) is 1.25. The first-order chi connectivity index (χ1) is 4.06. The molecular weight excluding hydrogens is 108 g/mol. The molecule has 0 fully saturated rings. The third-order valence-electron chi connectivity index (χ3n) is 1.25. The van der Waals surface area contributed by atoms with Crippen LogP contribution in [0.2, 0.25) is 0 Å². The van der Waals surface area contributed by atoms with Crippen molar-refractivity contribution in [1.82, 2.24) is 0 Å². The van der Waals surface area contributed by atoms with E-state index in [1.165, 1.54) is 19.3 Å². The number of hydrogen-bond acceptors (Lipinski definition) is 0. The zero-order valence-corrected chi connectivity index (χ0v) is 7.20. The van der Waals surface area contributed by atoms with Crippen molar-refractivity contribution in [2.24, 2.45) is 5.41 Å². The van der Waals surface area contributed by atoms with Gasteiger partial charge in [0.25, 0.3) is 0 Å². The lowest BCUT2D eigenvalue weighted by Crippen LogP contribution is -2.04. The van der Waals surface area contributed by atoms with Gasteiger partial charge in [-0.05, 0) is 18.3 Å². The Morgan fingerprint density at radius 3 is 2.11 bits per heavy atom. The molecule has 0 spiro atoms. The summed E-state index contributed by atoms with van der Waals surface area (Å²) < 4.78 is 0. The first kappa shape index (κ1) is 9.00. The highest BCUT2D eigenvalue weighted by Gasteiger charge is 2.07. The molecule has 0 rings (SSSR count). The van der Waals surface area contributed by atoms with Gasteiger partial charge in [-0.15, -0.1) is 0 Å². The maximum Gasteiger partial charge on any atom is -0.0380 e. The van der Waals surface area contributed by atoms with Crippen LogP contribution in [0.1, 0.15) is 47.0 Å². The SMILES string of the molecule is CCC[CH]CC(C)(C)C. The summed E-state index contributed by atoms with van der Waals surface area (Å²) >= 11 is 0. The van der Waals surface area contributed by atoms with Crippen LogP contribution >= 0.6 is 0 Å². The van der Waals surface area contributed by atoms with Crippen molar-refractivity contribution in [3.8, 4) is 0 Å². The molecule has 0 N–H and O–H groups in total. The van der Waals surface area contributed by atoms with Gasteiger partial charge in [-0.25, -0.2) is 0 Å². The van der Waals surface area contributed by atoms with Crippen LogP contribution in [0.15, 0.2) is 0 Å². The van der Waals surface area contributed by atoms with Crippen molar-refractivity contribution in [3.63, 3.8) is 0 Å². The van der Waals surface area contributed by atoms with E-state index in [4.69, 9.17) is 0 Å². The van der Waals surface area contributed by atoms with Crippen molar-refractivity contribution < 1.29 is 0 Å². The lowest BCUT2D eigenvalue weighted by molar-refractivity contribution is 0.400. The maximum absolute atomic E-state index is 2.39. The molecule has 0 aromatic carbocycles. The van der Waals surface area contributed by atoms with Gasteiger partial charge in [0, 0.05) is 0 Å². The summed E-state index contributed by atoms with van der Waals surface area (Å²) in [5, 5.41) is 0. The smallest absolute Gasteiger partial charge is 0.0380 e. The predicted molar refractivity (Wildman–Crippen MR) is 43.3 cm³/mol. The molecule has 0 aliphatic rings. The van der Waals surface area contributed by atoms with E-state index in [9.17, 15) is 0 Å². The number of unbranched alkanes of at least 4 members (excludes halogenated alkanes) is 2. The zero-order valence-electron chi connectivity index (χ0n) is 7.20. The summed E-state index contributed by atoms with van der Waals surface area (Å²) in [5.41, 5.74) is 0.495. The van der Waals surface area contributed by atoms with Gasteiger partial charge in [-0.3, -0.25) is 0 Å². The maximum atomic E-state index is 2.39. The van der Waals surface area contributed by atoms with Crippen molar-refractivity contribution >= 4 is 0 Å². The van der Waals surface area contributed by atoms with Gasteiger partial charge in [0.1, 0.15) is 0 Å². The summed E-state index contributed by atoms with van der Waals surface area (Å²) in [5.74, 6) is 0. The molecule has 0 saturated heterocycles. The van der Waals surface area contributed by atoms with Crippen LogP contribution in [-0.4, -0.2) is 0 Å². The van der Waals surface area contributed by atoms with E-state index >= 15 is 0 Å². The van der Waals surface area contributed by atoms with Crippen molar-refractivity contribution in [2.45, 2.75) is 47.0 Å². The van der Waals surface area contributed by atoms with E-state index in [1.54, 1.807) is 0 Å². The molecule has 0 unspecified atom stereocenters. The fourth-order valence-corrected chi connectivity index (χ4v) is 0.739. The van der Waals surface area contributed by atoms with Crippen LogP contribution < -0.4 is 0 Å². The fraction of sp³-hybridized carbons (Fsp3) is 0.889. The Bertz CT molecular complexity index is 56.9. The van der Waals surface area contributed by atoms with Crippen LogP contribution in [0, 0.1) is 11.8 Å². The number of rotatable bonds is 3. The fourth-order valence-electron chi connectivity index (χ4n) is 0.739. The molecule has 9 heavy (non-hydrogen) atoms. The molecule has 0 nitrogen and oxygen atoms in total. The topological polar surface area (TPSA) is 0 Å². The molecule has 0 saturated carbocycles. The van der Waals surface area contributed by atoms with Crippen LogP contribution in [0.5, 0.6) is 0 Å². The van der Waals surface area contributed by atoms with Gasteiger partial charge < -0.3 is 0 Å². The van der Waals surface area contributed by atoms with Gasteiger partial charge in [0.15, 0.2) is 0 Å². The minimum Gasteiger partial charge on any atom is -0.0654 e. The molecule has 0 aliphatic heterocycles.